The van der Waals surface area contributed by atoms with Gasteiger partial charge in [-0.15, -0.1) is 0 Å². The van der Waals surface area contributed by atoms with Crippen LogP contribution in [0.15, 0.2) is 182 Å². The SMILES string of the molecule is CC/C=C\C/C=C\C/C=C\C/C=C\C/C=C\C/C=C\C/C=C\C/C=C\C/C=C\C/C=C\C/C=C\C/C=C\CCCCC(=O)OC(COC(=O)CCCCCCCCCCCCCCCCCCCC/C=C\C/C=C\C/C=C\CCCCCCC)COP(=O)(O)OCC[N+](C)(C)C. The number of phosphoric acid groups is 1. The molecule has 0 heterocycles. The molecule has 0 spiro atoms. The van der Waals surface area contributed by atoms with E-state index in [2.05, 4.69) is 196 Å². The molecule has 10 heteroatoms. The molecule has 0 aliphatic rings. The molecule has 0 aromatic carbocycles. The smallest absolute Gasteiger partial charge is 0.462 e. The van der Waals surface area contributed by atoms with E-state index in [1.807, 2.05) is 21.1 Å². The maximum atomic E-state index is 12.9. The number of phosphoric ester groups is 1. The van der Waals surface area contributed by atoms with E-state index in [4.69, 9.17) is 18.5 Å². The standard InChI is InChI=1S/C86H142NO8P/c1-6-8-10-12-14-16-18-20-22-24-26-28-30-32-34-36-38-40-41-42-43-44-45-47-49-51-53-55-57-59-61-63-65-67-69-71-73-75-77-79-86(89)95-84(83-94-96(90,91)93-81-80-87(3,4)5)82-92-85(88)78-76-74-72-70-68-66-64-62-60-58-56-54-52-50-48-46-39-37-35-33-31-29-27-25-23-21-19-17-15-13-11-9-7-2/h8,10,14,16,19-22,25-28,31-34,38,40,42-43,45,47,51,53,57,59,63,65,69,71,84H,6-7,9,11-13,15,17-18,23-24,29-30,35-37,39,41,44,46,48-50,52,54-56,58,60-62,64,66-68,70,72-83H2,1-5H3/p+1/b10-8-,16-14-,21-19-,22-20-,27-25-,28-26-,33-31-,34-32-,40-38-,43-42-,47-45-,53-51-,59-57-,65-63-,71-69-. The van der Waals surface area contributed by atoms with E-state index in [-0.39, 0.29) is 32.0 Å². The van der Waals surface area contributed by atoms with E-state index in [9.17, 15) is 19.0 Å². The second kappa shape index (κ2) is 74.3. The van der Waals surface area contributed by atoms with Crippen LogP contribution in [-0.4, -0.2) is 74.9 Å². The Morgan fingerprint density at radius 2 is 0.594 bits per heavy atom. The summed E-state index contributed by atoms with van der Waals surface area (Å²) in [5.74, 6) is -0.854. The van der Waals surface area contributed by atoms with Crippen molar-refractivity contribution in [3.05, 3.63) is 182 Å². The maximum Gasteiger partial charge on any atom is 0.472 e. The van der Waals surface area contributed by atoms with Crippen LogP contribution < -0.4 is 0 Å². The highest BCUT2D eigenvalue weighted by Crippen LogP contribution is 2.43. The van der Waals surface area contributed by atoms with Gasteiger partial charge in [-0.25, -0.2) is 4.57 Å². The largest absolute Gasteiger partial charge is 0.472 e. The van der Waals surface area contributed by atoms with Gasteiger partial charge in [0.2, 0.25) is 0 Å². The van der Waals surface area contributed by atoms with Crippen molar-refractivity contribution in [1.29, 1.82) is 0 Å². The van der Waals surface area contributed by atoms with Crippen molar-refractivity contribution < 1.29 is 42.1 Å². The molecule has 0 saturated carbocycles. The Morgan fingerprint density at radius 1 is 0.333 bits per heavy atom. The molecule has 0 aromatic heterocycles. The molecule has 0 bridgehead atoms. The van der Waals surface area contributed by atoms with Crippen LogP contribution in [0.4, 0.5) is 0 Å². The summed E-state index contributed by atoms with van der Waals surface area (Å²) in [6, 6.07) is 0. The fourth-order valence-corrected chi connectivity index (χ4v) is 10.8. The first-order chi connectivity index (χ1) is 47.0. The Bertz CT molecular complexity index is 2280. The van der Waals surface area contributed by atoms with Crippen LogP contribution >= 0.6 is 7.82 Å². The number of rotatable bonds is 69. The lowest BCUT2D eigenvalue weighted by molar-refractivity contribution is -0.870. The molecule has 544 valence electrons. The van der Waals surface area contributed by atoms with E-state index in [0.717, 1.165) is 122 Å². The molecule has 0 saturated heterocycles. The first-order valence-corrected chi connectivity index (χ1v) is 40.0. The van der Waals surface area contributed by atoms with Crippen LogP contribution in [-0.2, 0) is 32.7 Å². The van der Waals surface area contributed by atoms with E-state index in [1.165, 1.54) is 141 Å². The molecule has 0 aliphatic carbocycles. The normalized spacial score (nSPS) is 14.1. The number of carbonyl (C=O) groups excluding carboxylic acids is 2. The van der Waals surface area contributed by atoms with Gasteiger partial charge in [-0.05, 0) is 141 Å². The predicted octanol–water partition coefficient (Wildman–Crippen LogP) is 25.8. The third-order valence-electron chi connectivity index (χ3n) is 15.9. The Balaban J connectivity index is 4.15. The Labute approximate surface area is 591 Å². The Kier molecular flexibility index (Phi) is 70.5. The van der Waals surface area contributed by atoms with Gasteiger partial charge in [0.25, 0.3) is 0 Å². The summed E-state index contributed by atoms with van der Waals surface area (Å²) in [6.45, 7) is 4.26. The predicted molar refractivity (Wildman–Crippen MR) is 417 cm³/mol. The fourth-order valence-electron chi connectivity index (χ4n) is 10.1. The molecule has 0 aliphatic heterocycles. The fraction of sp³-hybridized carbons (Fsp3) is 0.628. The van der Waals surface area contributed by atoms with Gasteiger partial charge >= 0.3 is 19.8 Å². The number of nitrogens with zero attached hydrogens (tertiary/aromatic N) is 1. The van der Waals surface area contributed by atoms with E-state index >= 15 is 0 Å². The van der Waals surface area contributed by atoms with Crippen molar-refractivity contribution in [2.45, 2.75) is 302 Å². The van der Waals surface area contributed by atoms with Crippen LogP contribution in [0.3, 0.4) is 0 Å². The number of unbranched alkanes of at least 4 members (excludes halogenated alkanes) is 25. The summed E-state index contributed by atoms with van der Waals surface area (Å²) in [5, 5.41) is 0. The highest BCUT2D eigenvalue weighted by atomic mass is 31.2. The third-order valence-corrected chi connectivity index (χ3v) is 16.9. The summed E-state index contributed by atoms with van der Waals surface area (Å²) < 4.78 is 34.7. The average Bonchev–Trinajstić information content (AvgIpc) is 1.98. The van der Waals surface area contributed by atoms with Gasteiger partial charge in [0.05, 0.1) is 27.7 Å². The topological polar surface area (TPSA) is 108 Å². The molecule has 1 N–H and O–H groups in total. The molecule has 0 fully saturated rings. The zero-order chi connectivity index (χ0) is 69.7. The second-order valence-electron chi connectivity index (χ2n) is 26.3. The number of ether oxygens (including phenoxy) is 2. The van der Waals surface area contributed by atoms with E-state index < -0.39 is 26.5 Å². The van der Waals surface area contributed by atoms with Crippen LogP contribution in [0, 0.1) is 0 Å². The van der Waals surface area contributed by atoms with Crippen LogP contribution in [0.25, 0.3) is 0 Å². The molecule has 0 rings (SSSR count). The minimum absolute atomic E-state index is 0.0145. The maximum absolute atomic E-state index is 12.9. The van der Waals surface area contributed by atoms with Crippen LogP contribution in [0.1, 0.15) is 296 Å². The van der Waals surface area contributed by atoms with Crippen molar-refractivity contribution in [3.8, 4) is 0 Å². The number of quaternary nitrogens is 1. The van der Waals surface area contributed by atoms with Crippen molar-refractivity contribution in [3.63, 3.8) is 0 Å². The Hall–Kier alpha value is -4.89. The monoisotopic (exact) mass is 1350 g/mol. The average molecular weight is 1350 g/mol. The molecule has 9 nitrogen and oxygen atoms in total. The summed E-state index contributed by atoms with van der Waals surface area (Å²) in [5.41, 5.74) is 0. The molecular formula is C86H143NO8P+. The summed E-state index contributed by atoms with van der Waals surface area (Å²) in [7, 11) is 1.43. The lowest BCUT2D eigenvalue weighted by Gasteiger charge is -2.24. The summed E-state index contributed by atoms with van der Waals surface area (Å²) >= 11 is 0. The highest BCUT2D eigenvalue weighted by molar-refractivity contribution is 7.47. The first-order valence-electron chi connectivity index (χ1n) is 38.5. The van der Waals surface area contributed by atoms with Crippen molar-refractivity contribution >= 4 is 19.8 Å². The van der Waals surface area contributed by atoms with E-state index in [0.29, 0.717) is 17.4 Å². The number of carbonyl (C=O) groups is 2. The molecule has 0 radical (unpaired) electrons. The third kappa shape index (κ3) is 78.1. The molecule has 0 amide bonds. The summed E-state index contributed by atoms with van der Waals surface area (Å²) in [6.07, 6.45) is 115. The number of esters is 2. The Morgan fingerprint density at radius 3 is 0.906 bits per heavy atom. The van der Waals surface area contributed by atoms with Gasteiger partial charge in [-0.3, -0.25) is 18.6 Å². The number of hydrogen-bond donors (Lipinski definition) is 1. The molecule has 0 aromatic rings. The molecule has 96 heavy (non-hydrogen) atoms. The van der Waals surface area contributed by atoms with Crippen molar-refractivity contribution in [2.75, 3.05) is 47.5 Å². The van der Waals surface area contributed by atoms with E-state index in [1.54, 1.807) is 0 Å². The minimum atomic E-state index is -4.42. The van der Waals surface area contributed by atoms with Gasteiger partial charge in [0.15, 0.2) is 6.10 Å². The lowest BCUT2D eigenvalue weighted by Crippen LogP contribution is -2.37. The molecule has 2 unspecified atom stereocenters. The summed E-state index contributed by atoms with van der Waals surface area (Å²) in [4.78, 5) is 35.9. The number of likely N-dealkylation sites (N-methyl/N-ethyl adjacent to an activating group) is 1. The zero-order valence-electron chi connectivity index (χ0n) is 62.0. The second-order valence-corrected chi connectivity index (χ2v) is 27.8. The van der Waals surface area contributed by atoms with Crippen LogP contribution in [0.5, 0.6) is 0 Å². The quantitative estimate of drug-likeness (QED) is 0.0211. The molecular weight excluding hydrogens is 1210 g/mol. The zero-order valence-corrected chi connectivity index (χ0v) is 62.9. The van der Waals surface area contributed by atoms with Gasteiger partial charge in [-0.1, -0.05) is 325 Å². The van der Waals surface area contributed by atoms with Gasteiger partial charge in [0.1, 0.15) is 19.8 Å². The van der Waals surface area contributed by atoms with Crippen molar-refractivity contribution in [2.24, 2.45) is 0 Å². The van der Waals surface area contributed by atoms with Gasteiger partial charge in [0, 0.05) is 12.8 Å². The molecule has 2 atom stereocenters. The van der Waals surface area contributed by atoms with Gasteiger partial charge < -0.3 is 18.9 Å². The highest BCUT2D eigenvalue weighted by Gasteiger charge is 2.27. The van der Waals surface area contributed by atoms with Crippen LogP contribution in [0.2, 0.25) is 0 Å². The number of hydrogen-bond acceptors (Lipinski definition) is 7. The minimum Gasteiger partial charge on any atom is -0.462 e. The first kappa shape index (κ1) is 91.1. The number of allylic oxidation sites excluding steroid dienone is 30. The van der Waals surface area contributed by atoms with Gasteiger partial charge in [-0.2, -0.15) is 0 Å². The van der Waals surface area contributed by atoms with Crippen molar-refractivity contribution in [1.82, 2.24) is 0 Å². The lowest BCUT2D eigenvalue weighted by atomic mass is 10.0.